The second kappa shape index (κ2) is 7.31. The van der Waals surface area contributed by atoms with E-state index in [1.807, 2.05) is 13.0 Å². The zero-order chi connectivity index (χ0) is 18.0. The number of carbonyl (C=O) groups excluding carboxylic acids is 1. The minimum absolute atomic E-state index is 0.0248. The van der Waals surface area contributed by atoms with E-state index in [0.29, 0.717) is 31.7 Å². The highest BCUT2D eigenvalue weighted by Gasteiger charge is 2.35. The summed E-state index contributed by atoms with van der Waals surface area (Å²) in [5.74, 6) is 0.179. The van der Waals surface area contributed by atoms with Crippen molar-refractivity contribution in [2.24, 2.45) is 5.92 Å². The minimum Gasteiger partial charge on any atom is -0.391 e. The zero-order valence-corrected chi connectivity index (χ0v) is 15.0. The van der Waals surface area contributed by atoms with Crippen LogP contribution in [0.5, 0.6) is 0 Å². The lowest BCUT2D eigenvalue weighted by Gasteiger charge is -2.16. The van der Waals surface area contributed by atoms with Crippen LogP contribution in [-0.4, -0.2) is 54.9 Å². The molecule has 1 fully saturated rings. The SMILES string of the molecule is CCn1nc(C(C)C)cc1C(=O)N1C[C@@H](Cc2cnccn2)[C@H](O)C1. The van der Waals surface area contributed by atoms with Gasteiger partial charge >= 0.3 is 0 Å². The fourth-order valence-corrected chi connectivity index (χ4v) is 3.22. The van der Waals surface area contributed by atoms with Crippen molar-refractivity contribution in [1.82, 2.24) is 24.6 Å². The summed E-state index contributed by atoms with van der Waals surface area (Å²) in [5.41, 5.74) is 2.35. The topological polar surface area (TPSA) is 84.1 Å². The van der Waals surface area contributed by atoms with Crippen molar-refractivity contribution in [2.75, 3.05) is 13.1 Å². The molecule has 1 aliphatic rings. The Morgan fingerprint density at radius 2 is 2.16 bits per heavy atom. The van der Waals surface area contributed by atoms with E-state index in [9.17, 15) is 9.90 Å². The van der Waals surface area contributed by atoms with Crippen molar-refractivity contribution in [1.29, 1.82) is 0 Å². The van der Waals surface area contributed by atoms with Gasteiger partial charge in [-0.1, -0.05) is 13.8 Å². The molecule has 0 saturated carbocycles. The number of amides is 1. The third-order valence-electron chi connectivity index (χ3n) is 4.69. The molecule has 2 aromatic heterocycles. The number of carbonyl (C=O) groups is 1. The standard InChI is InChI=1S/C18H25N5O2/c1-4-23-16(8-15(21-23)12(2)3)18(25)22-10-13(17(24)11-22)7-14-9-19-5-6-20-14/h5-6,8-9,12-13,17,24H,4,7,10-11H2,1-3H3/t13-,17-/m1/s1. The summed E-state index contributed by atoms with van der Waals surface area (Å²) in [6, 6.07) is 1.87. The minimum atomic E-state index is -0.548. The normalized spacial score (nSPS) is 20.4. The van der Waals surface area contributed by atoms with Crippen molar-refractivity contribution >= 4 is 5.91 Å². The summed E-state index contributed by atoms with van der Waals surface area (Å²) in [6.45, 7) is 7.61. The molecule has 0 bridgehead atoms. The van der Waals surface area contributed by atoms with Gasteiger partial charge in [0, 0.05) is 44.1 Å². The number of likely N-dealkylation sites (tertiary alicyclic amines) is 1. The Bertz CT molecular complexity index is 728. The number of hydrogen-bond acceptors (Lipinski definition) is 5. The second-order valence-corrected chi connectivity index (χ2v) is 6.86. The molecular formula is C18H25N5O2. The van der Waals surface area contributed by atoms with Crippen LogP contribution >= 0.6 is 0 Å². The van der Waals surface area contributed by atoms with E-state index >= 15 is 0 Å². The second-order valence-electron chi connectivity index (χ2n) is 6.86. The molecule has 25 heavy (non-hydrogen) atoms. The third-order valence-corrected chi connectivity index (χ3v) is 4.69. The molecule has 7 nitrogen and oxygen atoms in total. The number of β-amino-alcohol motifs (C(OH)–C–C–N with tert-alkyl or cyclic N) is 1. The summed E-state index contributed by atoms with van der Waals surface area (Å²) in [7, 11) is 0. The molecule has 2 atom stereocenters. The lowest BCUT2D eigenvalue weighted by molar-refractivity contribution is 0.0752. The molecule has 1 saturated heterocycles. The van der Waals surface area contributed by atoms with Crippen LogP contribution in [0, 0.1) is 5.92 Å². The average Bonchev–Trinajstić information content (AvgIpc) is 3.19. The largest absolute Gasteiger partial charge is 0.391 e. The fraction of sp³-hybridized carbons (Fsp3) is 0.556. The molecule has 2 aromatic rings. The Labute approximate surface area is 147 Å². The van der Waals surface area contributed by atoms with Crippen molar-refractivity contribution < 1.29 is 9.90 Å². The predicted molar refractivity (Wildman–Crippen MR) is 93.1 cm³/mol. The highest BCUT2D eigenvalue weighted by Crippen LogP contribution is 2.23. The highest BCUT2D eigenvalue weighted by atomic mass is 16.3. The molecule has 0 aliphatic carbocycles. The molecule has 1 aliphatic heterocycles. The monoisotopic (exact) mass is 343 g/mol. The van der Waals surface area contributed by atoms with Crippen LogP contribution < -0.4 is 0 Å². The van der Waals surface area contributed by atoms with Crippen molar-refractivity contribution in [3.8, 4) is 0 Å². The first kappa shape index (κ1) is 17.5. The van der Waals surface area contributed by atoms with Gasteiger partial charge in [-0.2, -0.15) is 5.10 Å². The van der Waals surface area contributed by atoms with Crippen molar-refractivity contribution in [3.63, 3.8) is 0 Å². The summed E-state index contributed by atoms with van der Waals surface area (Å²) in [4.78, 5) is 23.0. The van der Waals surface area contributed by atoms with Gasteiger partial charge < -0.3 is 10.0 Å². The van der Waals surface area contributed by atoms with Gasteiger partial charge in [0.2, 0.25) is 0 Å². The molecule has 3 heterocycles. The average molecular weight is 343 g/mol. The quantitative estimate of drug-likeness (QED) is 0.889. The van der Waals surface area contributed by atoms with Crippen molar-refractivity contribution in [3.05, 3.63) is 41.7 Å². The summed E-state index contributed by atoms with van der Waals surface area (Å²) < 4.78 is 1.75. The molecule has 3 rings (SSSR count). The lowest BCUT2D eigenvalue weighted by atomic mass is 10.0. The smallest absolute Gasteiger partial charge is 0.272 e. The molecule has 1 N–H and O–H groups in total. The molecular weight excluding hydrogens is 318 g/mol. The van der Waals surface area contributed by atoms with Crippen LogP contribution in [0.15, 0.2) is 24.7 Å². The van der Waals surface area contributed by atoms with Crippen molar-refractivity contribution in [2.45, 2.75) is 45.8 Å². The van der Waals surface area contributed by atoms with E-state index in [4.69, 9.17) is 0 Å². The van der Waals surface area contributed by atoms with E-state index in [-0.39, 0.29) is 17.7 Å². The first-order valence-electron chi connectivity index (χ1n) is 8.79. The maximum absolute atomic E-state index is 12.9. The van der Waals surface area contributed by atoms with Gasteiger partial charge in [-0.25, -0.2) is 0 Å². The molecule has 134 valence electrons. The van der Waals surface area contributed by atoms with E-state index in [1.165, 1.54) is 0 Å². The molecule has 7 heteroatoms. The number of aromatic nitrogens is 4. The Morgan fingerprint density at radius 1 is 1.36 bits per heavy atom. The lowest BCUT2D eigenvalue weighted by Crippen LogP contribution is -2.31. The number of aliphatic hydroxyl groups is 1. The Morgan fingerprint density at radius 3 is 2.80 bits per heavy atom. The molecule has 0 radical (unpaired) electrons. The Kier molecular flexibility index (Phi) is 5.13. The van der Waals surface area contributed by atoms with Gasteiger partial charge in [-0.3, -0.25) is 19.4 Å². The van der Waals surface area contributed by atoms with E-state index in [0.717, 1.165) is 11.4 Å². The van der Waals surface area contributed by atoms with Gasteiger partial charge in [0.25, 0.3) is 5.91 Å². The number of aryl methyl sites for hydroxylation is 1. The molecule has 0 unspecified atom stereocenters. The van der Waals surface area contributed by atoms with Crippen LogP contribution in [-0.2, 0) is 13.0 Å². The van der Waals surface area contributed by atoms with Crippen LogP contribution in [0.25, 0.3) is 0 Å². The Balaban J connectivity index is 1.73. The zero-order valence-electron chi connectivity index (χ0n) is 15.0. The number of rotatable bonds is 5. The van der Waals surface area contributed by atoms with Crippen LogP contribution in [0.1, 0.15) is 48.6 Å². The maximum Gasteiger partial charge on any atom is 0.272 e. The maximum atomic E-state index is 12.9. The van der Waals surface area contributed by atoms with Gasteiger partial charge in [0.1, 0.15) is 5.69 Å². The number of hydrogen-bond donors (Lipinski definition) is 1. The first-order valence-corrected chi connectivity index (χ1v) is 8.79. The van der Waals surface area contributed by atoms with Crippen LogP contribution in [0.4, 0.5) is 0 Å². The van der Waals surface area contributed by atoms with Gasteiger partial charge in [0.15, 0.2) is 0 Å². The highest BCUT2D eigenvalue weighted by molar-refractivity contribution is 5.93. The summed E-state index contributed by atoms with van der Waals surface area (Å²) in [5, 5.41) is 14.9. The molecule has 0 spiro atoms. The Hall–Kier alpha value is -2.28. The van der Waals surface area contributed by atoms with Gasteiger partial charge in [-0.15, -0.1) is 0 Å². The van der Waals surface area contributed by atoms with Crippen LogP contribution in [0.3, 0.4) is 0 Å². The summed E-state index contributed by atoms with van der Waals surface area (Å²) >= 11 is 0. The first-order chi connectivity index (χ1) is 12.0. The fourth-order valence-electron chi connectivity index (χ4n) is 3.22. The van der Waals surface area contributed by atoms with E-state index in [1.54, 1.807) is 28.2 Å². The van der Waals surface area contributed by atoms with Gasteiger partial charge in [0.05, 0.1) is 17.5 Å². The predicted octanol–water partition coefficient (Wildman–Crippen LogP) is 1.49. The number of aliphatic hydroxyl groups excluding tert-OH is 1. The van der Waals surface area contributed by atoms with Crippen LogP contribution in [0.2, 0.25) is 0 Å². The molecule has 0 aromatic carbocycles. The third kappa shape index (κ3) is 3.71. The van der Waals surface area contributed by atoms with E-state index in [2.05, 4.69) is 28.9 Å². The van der Waals surface area contributed by atoms with E-state index < -0.39 is 6.10 Å². The molecule has 1 amide bonds. The summed E-state index contributed by atoms with van der Waals surface area (Å²) in [6.07, 6.45) is 5.05. The van der Waals surface area contributed by atoms with Gasteiger partial charge in [-0.05, 0) is 25.3 Å². The number of nitrogens with zero attached hydrogens (tertiary/aromatic N) is 5.